The van der Waals surface area contributed by atoms with Gasteiger partial charge in [0.15, 0.2) is 5.82 Å². The molecule has 0 saturated carbocycles. The standard InChI is InChI=1S/C21H18ClN7O3/c1-9(2)18-11-6-12(16(30)8-14(11)25-26-18)19-27-28-20(24-21(31)32)29(19)15-5-3-4-13-10(15)7-17(22)23-13/h3-9,23,30H,1-2H3,(H,24,28)(H,25,26)(H,31,32). The smallest absolute Gasteiger partial charge is 0.411 e. The summed E-state index contributed by atoms with van der Waals surface area (Å²) >= 11 is 6.17. The van der Waals surface area contributed by atoms with Crippen molar-refractivity contribution in [2.75, 3.05) is 5.32 Å². The second-order valence-electron chi connectivity index (χ2n) is 7.65. The number of carboxylic acid groups (broad SMARTS) is 1. The lowest BCUT2D eigenvalue weighted by molar-refractivity contribution is 0.209. The van der Waals surface area contributed by atoms with Gasteiger partial charge in [-0.05, 0) is 30.2 Å². The number of aromatic nitrogens is 6. The van der Waals surface area contributed by atoms with Gasteiger partial charge in [0.1, 0.15) is 10.9 Å². The average Bonchev–Trinajstić information content (AvgIpc) is 3.42. The molecule has 5 rings (SSSR count). The number of fused-ring (bicyclic) bond motifs is 2. The Morgan fingerprint density at radius 1 is 1.19 bits per heavy atom. The van der Waals surface area contributed by atoms with Crippen LogP contribution in [0.1, 0.15) is 25.5 Å². The molecule has 0 radical (unpaired) electrons. The summed E-state index contributed by atoms with van der Waals surface area (Å²) in [6.45, 7) is 4.07. The van der Waals surface area contributed by atoms with Crippen LogP contribution in [0.25, 0.3) is 38.9 Å². The molecule has 162 valence electrons. The number of carbonyl (C=O) groups is 1. The Kier molecular flexibility index (Phi) is 4.52. The molecule has 0 aliphatic heterocycles. The largest absolute Gasteiger partial charge is 0.507 e. The Balaban J connectivity index is 1.81. The van der Waals surface area contributed by atoms with Crippen molar-refractivity contribution in [3.63, 3.8) is 0 Å². The molecule has 0 atom stereocenters. The molecule has 3 aromatic heterocycles. The van der Waals surface area contributed by atoms with Crippen molar-refractivity contribution in [3.05, 3.63) is 47.2 Å². The Morgan fingerprint density at radius 3 is 2.75 bits per heavy atom. The fourth-order valence-electron chi connectivity index (χ4n) is 3.85. The van der Waals surface area contributed by atoms with Crippen molar-refractivity contribution in [1.82, 2.24) is 29.9 Å². The van der Waals surface area contributed by atoms with E-state index in [4.69, 9.17) is 11.6 Å². The number of nitrogens with zero attached hydrogens (tertiary/aromatic N) is 4. The van der Waals surface area contributed by atoms with Crippen molar-refractivity contribution < 1.29 is 15.0 Å². The zero-order chi connectivity index (χ0) is 22.6. The van der Waals surface area contributed by atoms with Crippen LogP contribution in [0.3, 0.4) is 0 Å². The maximum atomic E-state index is 11.4. The third kappa shape index (κ3) is 3.12. The topological polar surface area (TPSA) is 145 Å². The molecule has 1 amide bonds. The van der Waals surface area contributed by atoms with E-state index in [1.54, 1.807) is 30.3 Å². The molecular formula is C21H18ClN7O3. The summed E-state index contributed by atoms with van der Waals surface area (Å²) < 4.78 is 1.54. The number of aromatic amines is 2. The van der Waals surface area contributed by atoms with Crippen LogP contribution in [0.15, 0.2) is 36.4 Å². The second-order valence-corrected chi connectivity index (χ2v) is 8.05. The normalized spacial score (nSPS) is 11.6. The molecule has 5 aromatic rings. The summed E-state index contributed by atoms with van der Waals surface area (Å²) in [5, 5.41) is 39.9. The summed E-state index contributed by atoms with van der Waals surface area (Å²) in [5.41, 5.74) is 3.25. The molecule has 0 spiro atoms. The maximum Gasteiger partial charge on any atom is 0.411 e. The SMILES string of the molecule is CC(C)c1[nH]nc2cc(O)c(-c3nnc(NC(=O)O)n3-c3cccc4[nH]c(Cl)cc34)cc12. The minimum Gasteiger partial charge on any atom is -0.507 e. The molecule has 0 fully saturated rings. The monoisotopic (exact) mass is 451 g/mol. The first-order valence-electron chi connectivity index (χ1n) is 9.78. The van der Waals surface area contributed by atoms with Gasteiger partial charge in [-0.3, -0.25) is 15.0 Å². The number of amides is 1. The molecule has 0 aliphatic rings. The van der Waals surface area contributed by atoms with Gasteiger partial charge < -0.3 is 15.2 Å². The van der Waals surface area contributed by atoms with E-state index in [1.165, 1.54) is 4.57 Å². The number of phenolic OH excluding ortho intramolecular Hbond substituents is 1. The number of aromatic hydroxyl groups is 1. The average molecular weight is 452 g/mol. The second kappa shape index (κ2) is 7.27. The van der Waals surface area contributed by atoms with E-state index in [1.807, 2.05) is 19.9 Å². The van der Waals surface area contributed by atoms with E-state index in [0.29, 0.717) is 21.9 Å². The summed E-state index contributed by atoms with van der Waals surface area (Å²) in [7, 11) is 0. The van der Waals surface area contributed by atoms with Crippen LogP contribution in [-0.2, 0) is 0 Å². The number of hydrogen-bond acceptors (Lipinski definition) is 5. The quantitative estimate of drug-likeness (QED) is 0.263. The van der Waals surface area contributed by atoms with Crippen molar-refractivity contribution in [1.29, 1.82) is 0 Å². The van der Waals surface area contributed by atoms with Gasteiger partial charge in [-0.2, -0.15) is 5.10 Å². The first-order valence-corrected chi connectivity index (χ1v) is 10.2. The third-order valence-corrected chi connectivity index (χ3v) is 5.45. The van der Waals surface area contributed by atoms with E-state index < -0.39 is 6.09 Å². The van der Waals surface area contributed by atoms with Gasteiger partial charge in [-0.15, -0.1) is 10.2 Å². The lowest BCUT2D eigenvalue weighted by Crippen LogP contribution is -2.13. The molecule has 10 nitrogen and oxygen atoms in total. The van der Waals surface area contributed by atoms with E-state index in [2.05, 4.69) is 30.7 Å². The van der Waals surface area contributed by atoms with Crippen molar-refractivity contribution in [2.24, 2.45) is 0 Å². The number of rotatable bonds is 4. The molecular weight excluding hydrogens is 434 g/mol. The maximum absolute atomic E-state index is 11.4. The van der Waals surface area contributed by atoms with Crippen LogP contribution in [0.4, 0.5) is 10.7 Å². The highest BCUT2D eigenvalue weighted by atomic mass is 35.5. The van der Waals surface area contributed by atoms with Gasteiger partial charge in [-0.1, -0.05) is 31.5 Å². The van der Waals surface area contributed by atoms with Crippen LogP contribution < -0.4 is 5.32 Å². The van der Waals surface area contributed by atoms with Gasteiger partial charge >= 0.3 is 6.09 Å². The molecule has 11 heteroatoms. The van der Waals surface area contributed by atoms with Crippen LogP contribution >= 0.6 is 11.6 Å². The van der Waals surface area contributed by atoms with Gasteiger partial charge in [0.05, 0.1) is 16.8 Å². The number of phenols is 1. The molecule has 0 saturated heterocycles. The summed E-state index contributed by atoms with van der Waals surface area (Å²) in [6, 6.07) is 10.5. The highest BCUT2D eigenvalue weighted by Gasteiger charge is 2.23. The Hall–Kier alpha value is -4.05. The fraction of sp³-hybridized carbons (Fsp3) is 0.143. The molecule has 3 heterocycles. The molecule has 2 aromatic carbocycles. The van der Waals surface area contributed by atoms with E-state index in [9.17, 15) is 15.0 Å². The zero-order valence-corrected chi connectivity index (χ0v) is 17.8. The fourth-order valence-corrected chi connectivity index (χ4v) is 4.06. The van der Waals surface area contributed by atoms with Gasteiger partial charge in [0, 0.05) is 28.0 Å². The predicted molar refractivity (Wildman–Crippen MR) is 121 cm³/mol. The van der Waals surface area contributed by atoms with Crippen molar-refractivity contribution in [3.8, 4) is 22.8 Å². The van der Waals surface area contributed by atoms with Gasteiger partial charge in [-0.25, -0.2) is 4.79 Å². The predicted octanol–water partition coefficient (Wildman–Crippen LogP) is 4.86. The highest BCUT2D eigenvalue weighted by molar-refractivity contribution is 6.30. The van der Waals surface area contributed by atoms with Gasteiger partial charge in [0.2, 0.25) is 5.95 Å². The third-order valence-electron chi connectivity index (χ3n) is 5.25. The number of benzene rings is 2. The lowest BCUT2D eigenvalue weighted by atomic mass is 10.0. The molecule has 5 N–H and O–H groups in total. The van der Waals surface area contributed by atoms with Crippen molar-refractivity contribution in [2.45, 2.75) is 19.8 Å². The van der Waals surface area contributed by atoms with Crippen LogP contribution in [0.2, 0.25) is 5.15 Å². The molecule has 0 unspecified atom stereocenters. The summed E-state index contributed by atoms with van der Waals surface area (Å²) in [6.07, 6.45) is -1.29. The minimum absolute atomic E-state index is 0.0203. The summed E-state index contributed by atoms with van der Waals surface area (Å²) in [5.74, 6) is 0.353. The van der Waals surface area contributed by atoms with Gasteiger partial charge in [0.25, 0.3) is 0 Å². The molecule has 0 aliphatic carbocycles. The van der Waals surface area contributed by atoms with Crippen molar-refractivity contribution >= 4 is 45.4 Å². The first-order chi connectivity index (χ1) is 15.3. The first kappa shape index (κ1) is 19.9. The number of nitrogens with one attached hydrogen (secondary N) is 3. The van der Waals surface area contributed by atoms with E-state index in [-0.39, 0.29) is 23.4 Å². The van der Waals surface area contributed by atoms with Crippen LogP contribution in [0, 0.1) is 0 Å². The minimum atomic E-state index is -1.29. The number of anilines is 1. The Morgan fingerprint density at radius 2 is 2.00 bits per heavy atom. The number of halogens is 1. The number of H-pyrrole nitrogens is 2. The molecule has 32 heavy (non-hydrogen) atoms. The van der Waals surface area contributed by atoms with E-state index in [0.717, 1.165) is 22.0 Å². The van der Waals surface area contributed by atoms with Crippen LogP contribution in [0.5, 0.6) is 5.75 Å². The zero-order valence-electron chi connectivity index (χ0n) is 17.0. The Labute approximate surface area is 185 Å². The summed E-state index contributed by atoms with van der Waals surface area (Å²) in [4.78, 5) is 14.5. The number of hydrogen-bond donors (Lipinski definition) is 5. The van der Waals surface area contributed by atoms with E-state index >= 15 is 0 Å². The Bertz CT molecular complexity index is 1500. The molecule has 0 bridgehead atoms. The van der Waals surface area contributed by atoms with Crippen LogP contribution in [-0.4, -0.2) is 46.3 Å². The highest BCUT2D eigenvalue weighted by Crippen LogP contribution is 2.38. The lowest BCUT2D eigenvalue weighted by Gasteiger charge is -2.13.